The van der Waals surface area contributed by atoms with Gasteiger partial charge >= 0.3 is 6.18 Å². The van der Waals surface area contributed by atoms with Crippen molar-refractivity contribution in [2.45, 2.75) is 6.18 Å². The second-order valence-corrected chi connectivity index (χ2v) is 3.46. The summed E-state index contributed by atoms with van der Waals surface area (Å²) < 4.78 is 41.9. The van der Waals surface area contributed by atoms with Crippen LogP contribution >= 0.6 is 0 Å². The lowest BCUT2D eigenvalue weighted by Crippen LogP contribution is -2.05. The molecule has 0 saturated heterocycles. The monoisotopic (exact) mass is 272 g/mol. The molecule has 0 unspecified atom stereocenters. The van der Waals surface area contributed by atoms with Gasteiger partial charge in [-0.3, -0.25) is 4.79 Å². The molecule has 1 aromatic carbocycles. The van der Waals surface area contributed by atoms with Crippen molar-refractivity contribution in [2.75, 3.05) is 7.11 Å². The van der Waals surface area contributed by atoms with Crippen molar-refractivity contribution in [1.29, 1.82) is 0 Å². The molecule has 1 aromatic rings. The maximum absolute atomic E-state index is 12.3. The summed E-state index contributed by atoms with van der Waals surface area (Å²) >= 11 is 0. The van der Waals surface area contributed by atoms with Crippen LogP contribution in [-0.2, 0) is 15.7 Å². The first-order chi connectivity index (χ1) is 8.86. The number of methoxy groups -OCH3 is 1. The predicted octanol–water partition coefficient (Wildman–Crippen LogP) is 2.42. The molecular formula is C12H11F3N2O2. The zero-order valence-electron chi connectivity index (χ0n) is 9.94. The average molecular weight is 272 g/mol. The summed E-state index contributed by atoms with van der Waals surface area (Å²) in [5, 5.41) is 0. The van der Waals surface area contributed by atoms with Crippen molar-refractivity contribution in [2.24, 2.45) is 10.7 Å². The second-order valence-electron chi connectivity index (χ2n) is 3.46. The Morgan fingerprint density at radius 1 is 1.32 bits per heavy atom. The summed E-state index contributed by atoms with van der Waals surface area (Å²) in [4.78, 5) is 14.2. The average Bonchev–Trinajstić information content (AvgIpc) is 2.37. The number of rotatable bonds is 3. The molecule has 0 aliphatic rings. The van der Waals surface area contributed by atoms with Gasteiger partial charge in [-0.25, -0.2) is 4.99 Å². The van der Waals surface area contributed by atoms with Crippen LogP contribution in [0.2, 0.25) is 0 Å². The van der Waals surface area contributed by atoms with E-state index in [1.807, 2.05) is 0 Å². The molecule has 7 heteroatoms. The second kappa shape index (κ2) is 6.03. The normalized spacial score (nSPS) is 13.3. The van der Waals surface area contributed by atoms with Gasteiger partial charge in [0.05, 0.1) is 24.1 Å². The quantitative estimate of drug-likeness (QED) is 0.398. The Morgan fingerprint density at radius 3 is 2.32 bits per heavy atom. The molecule has 4 nitrogen and oxygen atoms in total. The largest absolute Gasteiger partial charge is 0.481 e. The molecule has 0 aliphatic heterocycles. The molecule has 0 saturated carbocycles. The highest BCUT2D eigenvalue weighted by Gasteiger charge is 2.29. The smallest absolute Gasteiger partial charge is 0.416 e. The van der Waals surface area contributed by atoms with Crippen LogP contribution in [0.15, 0.2) is 41.0 Å². The molecule has 0 aliphatic carbocycles. The summed E-state index contributed by atoms with van der Waals surface area (Å²) in [7, 11) is 1.30. The molecule has 0 aromatic heterocycles. The Bertz CT molecular complexity index is 505. The van der Waals surface area contributed by atoms with E-state index in [2.05, 4.69) is 4.99 Å². The number of hydrogen-bond donors (Lipinski definition) is 1. The lowest BCUT2D eigenvalue weighted by Gasteiger charge is -2.06. The fourth-order valence-electron chi connectivity index (χ4n) is 1.17. The van der Waals surface area contributed by atoms with Gasteiger partial charge in [0.25, 0.3) is 0 Å². The number of nitrogens with two attached hydrogens (primary N) is 1. The number of carbonyl (C=O) groups excluding carboxylic acids is 1. The predicted molar refractivity (Wildman–Crippen MR) is 63.9 cm³/mol. The number of halogens is 3. The number of nitrogens with zero attached hydrogens (tertiary/aromatic N) is 1. The Labute approximate surface area is 107 Å². The maximum Gasteiger partial charge on any atom is 0.416 e. The van der Waals surface area contributed by atoms with E-state index in [1.165, 1.54) is 25.3 Å². The van der Waals surface area contributed by atoms with Crippen molar-refractivity contribution >= 4 is 17.9 Å². The number of allylic oxidation sites excluding steroid dienone is 1. The van der Waals surface area contributed by atoms with Crippen LogP contribution in [0.1, 0.15) is 5.56 Å². The van der Waals surface area contributed by atoms with E-state index >= 15 is 0 Å². The number of aliphatic imine (C=N–C) groups is 1. The van der Waals surface area contributed by atoms with Gasteiger partial charge in [-0.05, 0) is 24.3 Å². The van der Waals surface area contributed by atoms with Gasteiger partial charge in [-0.1, -0.05) is 0 Å². The van der Waals surface area contributed by atoms with Crippen molar-refractivity contribution in [3.05, 3.63) is 41.6 Å². The number of benzene rings is 1. The van der Waals surface area contributed by atoms with Gasteiger partial charge in [-0.2, -0.15) is 13.2 Å². The lowest BCUT2D eigenvalue weighted by molar-refractivity contribution is -0.137. The molecule has 0 amide bonds. The first-order valence-electron chi connectivity index (χ1n) is 5.09. The van der Waals surface area contributed by atoms with E-state index in [4.69, 9.17) is 10.5 Å². The minimum atomic E-state index is -4.39. The topological polar surface area (TPSA) is 64.7 Å². The third-order valence-corrected chi connectivity index (χ3v) is 2.07. The summed E-state index contributed by atoms with van der Waals surface area (Å²) in [6.45, 7) is 0. The van der Waals surface area contributed by atoms with E-state index in [1.54, 1.807) is 0 Å². The summed E-state index contributed by atoms with van der Waals surface area (Å²) in [5.41, 5.74) is 4.64. The number of aldehydes is 1. The molecule has 0 fully saturated rings. The molecule has 2 N–H and O–H groups in total. The Hall–Kier alpha value is -2.31. The van der Waals surface area contributed by atoms with Crippen LogP contribution in [0, 0.1) is 0 Å². The van der Waals surface area contributed by atoms with Crippen molar-refractivity contribution in [3.63, 3.8) is 0 Å². The summed E-state index contributed by atoms with van der Waals surface area (Å²) in [6, 6.07) is 4.18. The van der Waals surface area contributed by atoms with Gasteiger partial charge in [0, 0.05) is 6.08 Å². The molecule has 19 heavy (non-hydrogen) atoms. The molecular weight excluding hydrogens is 261 g/mol. The first-order valence-corrected chi connectivity index (χ1v) is 5.09. The molecule has 0 spiro atoms. The summed E-state index contributed by atoms with van der Waals surface area (Å²) in [6.07, 6.45) is -2.82. The van der Waals surface area contributed by atoms with Gasteiger partial charge < -0.3 is 10.5 Å². The van der Waals surface area contributed by atoms with E-state index in [0.717, 1.165) is 12.1 Å². The Kier molecular flexibility index (Phi) is 4.68. The first kappa shape index (κ1) is 14.7. The molecule has 0 heterocycles. The van der Waals surface area contributed by atoms with E-state index < -0.39 is 11.7 Å². The Balaban J connectivity index is 3.01. The number of hydrogen-bond acceptors (Lipinski definition) is 4. The number of carbonyl (C=O) groups is 1. The third-order valence-electron chi connectivity index (χ3n) is 2.07. The highest BCUT2D eigenvalue weighted by atomic mass is 19.4. The van der Waals surface area contributed by atoms with Gasteiger partial charge in [0.15, 0.2) is 6.29 Å². The third kappa shape index (κ3) is 4.46. The standard InChI is InChI=1S/C12H11F3N2O2/c1-19-11(6-9(16)7-18)17-10-4-2-8(3-5-10)12(13,14)15/h2-7H,16H2,1H3. The van der Waals surface area contributed by atoms with Gasteiger partial charge in [0.1, 0.15) is 0 Å². The maximum atomic E-state index is 12.3. The van der Waals surface area contributed by atoms with Crippen molar-refractivity contribution in [1.82, 2.24) is 0 Å². The fourth-order valence-corrected chi connectivity index (χ4v) is 1.17. The van der Waals surface area contributed by atoms with Crippen LogP contribution in [0.5, 0.6) is 0 Å². The minimum absolute atomic E-state index is 0.0179. The zero-order chi connectivity index (χ0) is 14.5. The fraction of sp³-hybridized carbons (Fsp3) is 0.167. The molecule has 0 atom stereocenters. The Morgan fingerprint density at radius 2 is 1.89 bits per heavy atom. The lowest BCUT2D eigenvalue weighted by atomic mass is 10.2. The van der Waals surface area contributed by atoms with E-state index in [9.17, 15) is 18.0 Å². The van der Waals surface area contributed by atoms with Crippen LogP contribution in [0.3, 0.4) is 0 Å². The number of ether oxygens (including phenoxy) is 1. The van der Waals surface area contributed by atoms with E-state index in [0.29, 0.717) is 6.29 Å². The van der Waals surface area contributed by atoms with Crippen LogP contribution in [-0.4, -0.2) is 19.3 Å². The minimum Gasteiger partial charge on any atom is -0.481 e. The molecule has 1 rings (SSSR count). The molecule has 0 radical (unpaired) electrons. The summed E-state index contributed by atoms with van der Waals surface area (Å²) in [5.74, 6) is 0.0179. The van der Waals surface area contributed by atoms with Crippen LogP contribution < -0.4 is 5.73 Å². The molecule has 0 bridgehead atoms. The van der Waals surface area contributed by atoms with Crippen molar-refractivity contribution in [3.8, 4) is 0 Å². The highest BCUT2D eigenvalue weighted by Crippen LogP contribution is 2.30. The van der Waals surface area contributed by atoms with Gasteiger partial charge in [-0.15, -0.1) is 0 Å². The van der Waals surface area contributed by atoms with Crippen LogP contribution in [0.4, 0.5) is 18.9 Å². The highest BCUT2D eigenvalue weighted by molar-refractivity contribution is 5.94. The molecule has 102 valence electrons. The van der Waals surface area contributed by atoms with Crippen LogP contribution in [0.25, 0.3) is 0 Å². The number of alkyl halides is 3. The SMILES string of the molecule is COC(C=C(N)C=O)=Nc1ccc(C(F)(F)F)cc1. The van der Waals surface area contributed by atoms with Gasteiger partial charge in [0.2, 0.25) is 5.90 Å². The zero-order valence-corrected chi connectivity index (χ0v) is 9.94. The van der Waals surface area contributed by atoms with Crippen molar-refractivity contribution < 1.29 is 22.7 Å². The van der Waals surface area contributed by atoms with E-state index in [-0.39, 0.29) is 17.3 Å².